The first-order valence-corrected chi connectivity index (χ1v) is 12.5. The van der Waals surface area contributed by atoms with Crippen LogP contribution in [0.1, 0.15) is 58.8 Å². The molecule has 5 fully saturated rings. The minimum Gasteiger partial charge on any atom is -0.455 e. The van der Waals surface area contributed by atoms with Crippen LogP contribution in [0.25, 0.3) is 0 Å². The molecule has 0 unspecified atom stereocenters. The Morgan fingerprint density at radius 1 is 1.09 bits per heavy atom. The monoisotopic (exact) mass is 500 g/mol. The van der Waals surface area contributed by atoms with Crippen LogP contribution in [0.2, 0.25) is 0 Å². The van der Waals surface area contributed by atoms with E-state index in [2.05, 4.69) is 0 Å². The lowest BCUT2D eigenvalue weighted by molar-refractivity contribution is -0.263. The molecule has 35 heavy (non-hydrogen) atoms. The molecule has 0 aromatic rings. The predicted molar refractivity (Wildman–Crippen MR) is 112 cm³/mol. The van der Waals surface area contributed by atoms with Crippen LogP contribution >= 0.6 is 0 Å². The maximum absolute atomic E-state index is 13.4. The molecule has 8 atom stereocenters. The van der Waals surface area contributed by atoms with E-state index in [1.165, 1.54) is 0 Å². The minimum absolute atomic E-state index is 0.0121. The van der Waals surface area contributed by atoms with E-state index in [0.717, 1.165) is 18.4 Å². The normalized spacial score (nSPS) is 49.1. The number of allylic oxidation sites excluding steroid dienone is 1. The van der Waals surface area contributed by atoms with E-state index >= 15 is 0 Å². The van der Waals surface area contributed by atoms with Gasteiger partial charge in [-0.15, -0.1) is 0 Å². The average Bonchev–Trinajstić information content (AvgIpc) is 3.48. The number of esters is 1. The summed E-state index contributed by atoms with van der Waals surface area (Å²) >= 11 is 0. The Hall–Kier alpha value is -1.49. The first-order chi connectivity index (χ1) is 16.5. The molecule has 4 aliphatic carbocycles. The summed E-state index contributed by atoms with van der Waals surface area (Å²) in [4.78, 5) is 24.4. The van der Waals surface area contributed by atoms with Crippen molar-refractivity contribution in [3.05, 3.63) is 11.6 Å². The molecule has 194 valence electrons. The van der Waals surface area contributed by atoms with E-state index in [1.54, 1.807) is 6.08 Å². The van der Waals surface area contributed by atoms with E-state index in [4.69, 9.17) is 23.7 Å². The first-order valence-electron chi connectivity index (χ1n) is 12.5. The molecule has 2 spiro atoms. The number of hydrogen-bond acceptors (Lipinski definition) is 7. The van der Waals surface area contributed by atoms with Gasteiger partial charge in [0.25, 0.3) is 0 Å². The van der Waals surface area contributed by atoms with Gasteiger partial charge >= 0.3 is 12.1 Å². The summed E-state index contributed by atoms with van der Waals surface area (Å²) in [6.45, 7) is 4.33. The standard InChI is InChI=1S/C25H31F3O7/c1-21-7-5-15(29)9-14(21)3-4-16-17-6-8-23(24(34-13-32-23)11-31-12-33-24)22(17,2)10-18(19(16)21)35-20(30)25(26,27)28/h9,16-19H,3-8,10-13H2,1-2H3/t16-,17+,18+,19+,21+,22+,23-,24-/m1/s1. The molecule has 7 nitrogen and oxygen atoms in total. The SMILES string of the molecule is C[C@]12CCC(=O)C=C1CC[C@H]1[C@H]2[C@@H](OC(=O)C(F)(F)F)C[C@@]2(C)[C@H]1CC[C@@]21OCO[C@]12COCO2. The number of carbonyl (C=O) groups excluding carboxylic acids is 2. The van der Waals surface area contributed by atoms with Gasteiger partial charge in [0.1, 0.15) is 18.3 Å². The van der Waals surface area contributed by atoms with Gasteiger partial charge in [-0.25, -0.2) is 4.79 Å². The molecular weight excluding hydrogens is 469 g/mol. The van der Waals surface area contributed by atoms with Gasteiger partial charge in [-0.05, 0) is 61.9 Å². The van der Waals surface area contributed by atoms with Gasteiger partial charge in [0, 0.05) is 17.8 Å². The van der Waals surface area contributed by atoms with Crippen molar-refractivity contribution in [2.24, 2.45) is 28.6 Å². The number of ketones is 1. The lowest BCUT2D eigenvalue weighted by Gasteiger charge is -2.62. The maximum Gasteiger partial charge on any atom is 0.490 e. The van der Waals surface area contributed by atoms with E-state index in [-0.39, 0.29) is 50.2 Å². The quantitative estimate of drug-likeness (QED) is 0.503. The van der Waals surface area contributed by atoms with E-state index in [9.17, 15) is 22.8 Å². The lowest BCUT2D eigenvalue weighted by atomic mass is 9.45. The van der Waals surface area contributed by atoms with Gasteiger partial charge in [0.2, 0.25) is 5.79 Å². The van der Waals surface area contributed by atoms with Crippen LogP contribution in [0.5, 0.6) is 0 Å². The molecule has 0 bridgehead atoms. The Balaban J connectivity index is 1.44. The molecule has 0 radical (unpaired) electrons. The summed E-state index contributed by atoms with van der Waals surface area (Å²) in [6, 6.07) is 0. The number of rotatable bonds is 1. The molecule has 2 saturated heterocycles. The fraction of sp³-hybridized carbons (Fsp3) is 0.840. The highest BCUT2D eigenvalue weighted by atomic mass is 19.4. The fourth-order valence-electron chi connectivity index (χ4n) is 8.94. The molecule has 0 amide bonds. The van der Waals surface area contributed by atoms with Crippen molar-refractivity contribution < 1.29 is 46.4 Å². The number of ether oxygens (including phenoxy) is 5. The van der Waals surface area contributed by atoms with Crippen LogP contribution in [0.15, 0.2) is 11.6 Å². The van der Waals surface area contributed by atoms with Gasteiger partial charge in [0.15, 0.2) is 19.4 Å². The van der Waals surface area contributed by atoms with Crippen molar-refractivity contribution in [1.29, 1.82) is 0 Å². The zero-order valence-electron chi connectivity index (χ0n) is 19.9. The highest BCUT2D eigenvalue weighted by Crippen LogP contribution is 2.72. The predicted octanol–water partition coefficient (Wildman–Crippen LogP) is 4.05. The first kappa shape index (κ1) is 23.9. The van der Waals surface area contributed by atoms with Crippen molar-refractivity contribution >= 4 is 11.8 Å². The number of hydrogen-bond donors (Lipinski definition) is 0. The zero-order valence-corrected chi connectivity index (χ0v) is 19.9. The third kappa shape index (κ3) is 3.06. The van der Waals surface area contributed by atoms with E-state index in [1.807, 2.05) is 13.8 Å². The van der Waals surface area contributed by atoms with Gasteiger partial charge in [0.05, 0.1) is 0 Å². The van der Waals surface area contributed by atoms with Crippen molar-refractivity contribution in [3.8, 4) is 0 Å². The fourth-order valence-corrected chi connectivity index (χ4v) is 8.94. The van der Waals surface area contributed by atoms with Crippen molar-refractivity contribution in [1.82, 2.24) is 0 Å². The smallest absolute Gasteiger partial charge is 0.455 e. The van der Waals surface area contributed by atoms with Gasteiger partial charge in [-0.2, -0.15) is 13.2 Å². The van der Waals surface area contributed by atoms with Crippen LogP contribution in [0.4, 0.5) is 13.2 Å². The Labute approximate surface area is 201 Å². The lowest BCUT2D eigenvalue weighted by Crippen LogP contribution is -2.66. The molecule has 10 heteroatoms. The second-order valence-corrected chi connectivity index (χ2v) is 11.6. The molecule has 2 heterocycles. The third-order valence-corrected chi connectivity index (χ3v) is 10.4. The third-order valence-electron chi connectivity index (χ3n) is 10.4. The minimum atomic E-state index is -5.09. The largest absolute Gasteiger partial charge is 0.490 e. The summed E-state index contributed by atoms with van der Waals surface area (Å²) in [5.41, 5.74) is -1.09. The molecule has 3 saturated carbocycles. The van der Waals surface area contributed by atoms with Crippen LogP contribution in [0.3, 0.4) is 0 Å². The Bertz CT molecular complexity index is 967. The second-order valence-electron chi connectivity index (χ2n) is 11.6. The van der Waals surface area contributed by atoms with Crippen LogP contribution in [-0.4, -0.2) is 55.6 Å². The Morgan fingerprint density at radius 3 is 2.57 bits per heavy atom. The molecule has 6 rings (SSSR count). The van der Waals surface area contributed by atoms with Crippen molar-refractivity contribution in [2.45, 2.75) is 82.5 Å². The molecule has 6 aliphatic rings. The highest BCUT2D eigenvalue weighted by molar-refractivity contribution is 5.91. The number of halogens is 3. The zero-order chi connectivity index (χ0) is 24.9. The topological polar surface area (TPSA) is 80.3 Å². The highest BCUT2D eigenvalue weighted by Gasteiger charge is 2.77. The van der Waals surface area contributed by atoms with Crippen LogP contribution in [-0.2, 0) is 33.3 Å². The van der Waals surface area contributed by atoms with E-state index < -0.39 is 40.5 Å². The Morgan fingerprint density at radius 2 is 1.86 bits per heavy atom. The summed E-state index contributed by atoms with van der Waals surface area (Å²) in [7, 11) is 0. The number of fused-ring (bicyclic) bond motifs is 7. The van der Waals surface area contributed by atoms with Gasteiger partial charge in [-0.1, -0.05) is 19.4 Å². The molecule has 0 N–H and O–H groups in total. The van der Waals surface area contributed by atoms with Crippen molar-refractivity contribution in [3.63, 3.8) is 0 Å². The Kier molecular flexibility index (Phi) is 5.13. The number of carbonyl (C=O) groups is 2. The summed E-state index contributed by atoms with van der Waals surface area (Å²) in [5.74, 6) is -3.42. The van der Waals surface area contributed by atoms with Gasteiger partial charge < -0.3 is 23.7 Å². The average molecular weight is 501 g/mol. The molecule has 0 aromatic carbocycles. The molecular formula is C25H31F3O7. The van der Waals surface area contributed by atoms with Crippen LogP contribution < -0.4 is 0 Å². The maximum atomic E-state index is 13.4. The summed E-state index contributed by atoms with van der Waals surface area (Å²) < 4.78 is 69.3. The van der Waals surface area contributed by atoms with E-state index in [0.29, 0.717) is 25.7 Å². The molecule has 0 aromatic heterocycles. The number of alkyl halides is 3. The second kappa shape index (κ2) is 7.52. The molecule has 2 aliphatic heterocycles. The van der Waals surface area contributed by atoms with Crippen LogP contribution in [0, 0.1) is 28.6 Å². The van der Waals surface area contributed by atoms with Gasteiger partial charge in [-0.3, -0.25) is 4.79 Å². The van der Waals surface area contributed by atoms with Crippen molar-refractivity contribution in [2.75, 3.05) is 20.2 Å². The summed E-state index contributed by atoms with van der Waals surface area (Å²) in [5, 5.41) is 0. The summed E-state index contributed by atoms with van der Waals surface area (Å²) in [6.07, 6.45) is -0.423.